The predicted octanol–water partition coefficient (Wildman–Crippen LogP) is 23.9. The molecule has 0 aromatic heterocycles. The van der Waals surface area contributed by atoms with E-state index in [1.165, 1.54) is 360 Å². The molecule has 1 amide bonds. The molecule has 80 heavy (non-hydrogen) atoms. The van der Waals surface area contributed by atoms with Gasteiger partial charge < -0.3 is 20.3 Å². The van der Waals surface area contributed by atoms with Gasteiger partial charge in [0.2, 0.25) is 5.91 Å². The SMILES string of the molecule is CCCCCCCCCCCCCCCCCCC/C=C/C(O)C(CO)NC(=O)CCCCCCCCCCCCCCCCCCCCCCCCCCCCCCOC(=O)CCCCCCCCCCCCCCCCCC. The van der Waals surface area contributed by atoms with Crippen LogP contribution in [0.4, 0.5) is 0 Å². The van der Waals surface area contributed by atoms with Gasteiger partial charge in [-0.2, -0.15) is 0 Å². The number of nitrogens with one attached hydrogen (secondary N) is 1. The van der Waals surface area contributed by atoms with E-state index >= 15 is 0 Å². The number of hydrogen-bond donors (Lipinski definition) is 3. The number of esters is 1. The number of aliphatic hydroxyl groups excluding tert-OH is 2. The van der Waals surface area contributed by atoms with Gasteiger partial charge in [0, 0.05) is 12.8 Å². The highest BCUT2D eigenvalue weighted by atomic mass is 16.5. The third-order valence-electron chi connectivity index (χ3n) is 17.6. The van der Waals surface area contributed by atoms with E-state index in [1.807, 2.05) is 6.08 Å². The summed E-state index contributed by atoms with van der Waals surface area (Å²) < 4.78 is 5.51. The second-order valence-corrected chi connectivity index (χ2v) is 25.6. The predicted molar refractivity (Wildman–Crippen MR) is 352 cm³/mol. The molecule has 6 nitrogen and oxygen atoms in total. The number of ether oxygens (including phenoxy) is 1. The minimum atomic E-state index is -0.842. The molecule has 0 spiro atoms. The Kier molecular flexibility index (Phi) is 68.9. The van der Waals surface area contributed by atoms with Crippen LogP contribution < -0.4 is 5.32 Å². The lowest BCUT2D eigenvalue weighted by molar-refractivity contribution is -0.143. The highest BCUT2D eigenvalue weighted by Gasteiger charge is 2.18. The Hall–Kier alpha value is -1.40. The summed E-state index contributed by atoms with van der Waals surface area (Å²) in [5.74, 6) is -0.0373. The van der Waals surface area contributed by atoms with E-state index in [2.05, 4.69) is 19.2 Å². The fraction of sp³-hybridized carbons (Fsp3) is 0.946. The van der Waals surface area contributed by atoms with E-state index < -0.39 is 12.1 Å². The fourth-order valence-corrected chi connectivity index (χ4v) is 11.9. The van der Waals surface area contributed by atoms with E-state index in [9.17, 15) is 19.8 Å². The number of allylic oxidation sites excluding steroid dienone is 1. The van der Waals surface area contributed by atoms with Crippen molar-refractivity contribution in [2.75, 3.05) is 13.2 Å². The lowest BCUT2D eigenvalue weighted by Gasteiger charge is -2.20. The summed E-state index contributed by atoms with van der Waals surface area (Å²) in [7, 11) is 0. The van der Waals surface area contributed by atoms with Gasteiger partial charge >= 0.3 is 5.97 Å². The van der Waals surface area contributed by atoms with Gasteiger partial charge in [-0.25, -0.2) is 0 Å². The first kappa shape index (κ1) is 78.6. The standard InChI is InChI=1S/C74H145NO5/c1-3-5-7-9-11-13-15-17-19-21-32-35-38-42-46-50-54-58-62-66-72(77)71(70-76)75-73(78)67-63-59-55-51-47-43-39-36-33-30-28-26-24-22-23-25-27-29-31-34-37-41-45-49-53-57-61-65-69-80-74(79)68-64-60-56-52-48-44-40-20-18-16-14-12-10-8-6-4-2/h62,66,71-72,76-77H,3-61,63-65,67-70H2,1-2H3,(H,75,78)/b66-62+. The molecule has 0 heterocycles. The Morgan fingerprint density at radius 3 is 0.850 bits per heavy atom. The topological polar surface area (TPSA) is 95.9 Å². The monoisotopic (exact) mass is 1130 g/mol. The number of amides is 1. The second kappa shape index (κ2) is 70.1. The summed E-state index contributed by atoms with van der Waals surface area (Å²) in [6, 6.07) is -0.625. The maximum atomic E-state index is 12.5. The molecule has 3 N–H and O–H groups in total. The first-order chi connectivity index (χ1) is 39.5. The van der Waals surface area contributed by atoms with Crippen LogP contribution in [0.3, 0.4) is 0 Å². The average Bonchev–Trinajstić information content (AvgIpc) is 3.46. The van der Waals surface area contributed by atoms with Crippen LogP contribution in [0.2, 0.25) is 0 Å². The highest BCUT2D eigenvalue weighted by Crippen LogP contribution is 2.20. The van der Waals surface area contributed by atoms with Gasteiger partial charge in [0.1, 0.15) is 0 Å². The van der Waals surface area contributed by atoms with Crippen molar-refractivity contribution in [2.24, 2.45) is 0 Å². The van der Waals surface area contributed by atoms with Crippen molar-refractivity contribution in [1.82, 2.24) is 5.32 Å². The van der Waals surface area contributed by atoms with Crippen molar-refractivity contribution in [3.63, 3.8) is 0 Å². The van der Waals surface area contributed by atoms with Gasteiger partial charge in [-0.15, -0.1) is 0 Å². The molecule has 2 unspecified atom stereocenters. The summed E-state index contributed by atoms with van der Waals surface area (Å²) in [4.78, 5) is 24.6. The summed E-state index contributed by atoms with van der Waals surface area (Å²) in [6.45, 7) is 4.96. The quantitative estimate of drug-likeness (QED) is 0.0320. The summed E-state index contributed by atoms with van der Waals surface area (Å²) in [6.07, 6.45) is 87.3. The van der Waals surface area contributed by atoms with Crippen molar-refractivity contribution >= 4 is 11.9 Å². The molecule has 0 bridgehead atoms. The van der Waals surface area contributed by atoms with Gasteiger partial charge in [0.25, 0.3) is 0 Å². The second-order valence-electron chi connectivity index (χ2n) is 25.6. The zero-order valence-corrected chi connectivity index (χ0v) is 54.6. The van der Waals surface area contributed by atoms with Crippen molar-refractivity contribution in [3.8, 4) is 0 Å². The van der Waals surface area contributed by atoms with E-state index in [0.717, 1.165) is 38.5 Å². The fourth-order valence-electron chi connectivity index (χ4n) is 11.9. The Bertz CT molecular complexity index is 1210. The lowest BCUT2D eigenvalue weighted by Crippen LogP contribution is -2.45. The smallest absolute Gasteiger partial charge is 0.305 e. The van der Waals surface area contributed by atoms with Crippen molar-refractivity contribution in [3.05, 3.63) is 12.2 Å². The number of unbranched alkanes of at least 4 members (excludes halogenated alkanes) is 59. The Labute approximate surface area is 501 Å². The van der Waals surface area contributed by atoms with Crippen LogP contribution in [-0.2, 0) is 14.3 Å². The third kappa shape index (κ3) is 65.7. The zero-order valence-electron chi connectivity index (χ0n) is 54.6. The van der Waals surface area contributed by atoms with Crippen molar-refractivity contribution in [2.45, 2.75) is 437 Å². The summed E-state index contributed by atoms with van der Waals surface area (Å²) in [5, 5.41) is 23.2. The van der Waals surface area contributed by atoms with Crippen molar-refractivity contribution in [1.29, 1.82) is 0 Å². The Balaban J connectivity index is 3.35. The van der Waals surface area contributed by atoms with Crippen LogP contribution in [0.15, 0.2) is 12.2 Å². The minimum Gasteiger partial charge on any atom is -0.466 e. The first-order valence-electron chi connectivity index (χ1n) is 37.0. The Morgan fingerprint density at radius 2 is 0.575 bits per heavy atom. The van der Waals surface area contributed by atoms with Crippen LogP contribution in [0.5, 0.6) is 0 Å². The van der Waals surface area contributed by atoms with Gasteiger partial charge in [-0.3, -0.25) is 9.59 Å². The molecule has 0 aliphatic rings. The largest absolute Gasteiger partial charge is 0.466 e. The van der Waals surface area contributed by atoms with Crippen molar-refractivity contribution < 1.29 is 24.5 Å². The van der Waals surface area contributed by atoms with Crippen LogP contribution in [0, 0.1) is 0 Å². The van der Waals surface area contributed by atoms with Gasteiger partial charge in [0.05, 0.1) is 25.4 Å². The first-order valence-corrected chi connectivity index (χ1v) is 37.0. The van der Waals surface area contributed by atoms with E-state index in [-0.39, 0.29) is 18.5 Å². The number of rotatable bonds is 70. The van der Waals surface area contributed by atoms with Gasteiger partial charge in [0.15, 0.2) is 0 Å². The van der Waals surface area contributed by atoms with Gasteiger partial charge in [-0.1, -0.05) is 392 Å². The normalized spacial score (nSPS) is 12.5. The molecule has 0 saturated heterocycles. The number of aliphatic hydroxyl groups is 2. The molecule has 0 aliphatic heterocycles. The summed E-state index contributed by atoms with van der Waals surface area (Å²) in [5.41, 5.74) is 0. The maximum absolute atomic E-state index is 12.5. The summed E-state index contributed by atoms with van der Waals surface area (Å²) >= 11 is 0. The van der Waals surface area contributed by atoms with Crippen LogP contribution in [-0.4, -0.2) is 47.4 Å². The molecule has 0 aromatic rings. The molecule has 476 valence electrons. The van der Waals surface area contributed by atoms with Crippen LogP contribution in [0.1, 0.15) is 425 Å². The molecule has 6 heteroatoms. The number of carbonyl (C=O) groups excluding carboxylic acids is 2. The average molecular weight is 1130 g/mol. The molecular weight excluding hydrogens is 983 g/mol. The van der Waals surface area contributed by atoms with E-state index in [4.69, 9.17) is 4.74 Å². The molecule has 2 atom stereocenters. The third-order valence-corrected chi connectivity index (χ3v) is 17.6. The zero-order chi connectivity index (χ0) is 57.8. The molecule has 0 aromatic carbocycles. The van der Waals surface area contributed by atoms with Crippen LogP contribution in [0.25, 0.3) is 0 Å². The van der Waals surface area contributed by atoms with E-state index in [1.54, 1.807) is 6.08 Å². The molecule has 0 rings (SSSR count). The lowest BCUT2D eigenvalue weighted by atomic mass is 10.0. The minimum absolute atomic E-state index is 0.0230. The molecule has 0 fully saturated rings. The Morgan fingerprint density at radius 1 is 0.338 bits per heavy atom. The van der Waals surface area contributed by atoms with E-state index in [0.29, 0.717) is 19.4 Å². The number of carbonyl (C=O) groups is 2. The molecule has 0 radical (unpaired) electrons. The maximum Gasteiger partial charge on any atom is 0.305 e. The van der Waals surface area contributed by atoms with Crippen LogP contribution >= 0.6 is 0 Å². The highest BCUT2D eigenvalue weighted by molar-refractivity contribution is 5.76. The molecular formula is C74H145NO5. The molecule has 0 aliphatic carbocycles. The molecule has 0 saturated carbocycles. The number of hydrogen-bond acceptors (Lipinski definition) is 5. The van der Waals surface area contributed by atoms with Gasteiger partial charge in [-0.05, 0) is 32.1 Å².